The molecule has 0 fully saturated rings. The summed E-state index contributed by atoms with van der Waals surface area (Å²) in [5.41, 5.74) is 7.93. The van der Waals surface area contributed by atoms with Crippen LogP contribution in [0.25, 0.3) is 0 Å². The minimum Gasteiger partial charge on any atom is -0.496 e. The van der Waals surface area contributed by atoms with Gasteiger partial charge in [0.1, 0.15) is 11.5 Å². The van der Waals surface area contributed by atoms with Crippen LogP contribution in [0, 0.1) is 6.92 Å². The van der Waals surface area contributed by atoms with Crippen molar-refractivity contribution in [2.24, 2.45) is 5.73 Å². The van der Waals surface area contributed by atoms with E-state index in [9.17, 15) is 0 Å². The maximum atomic E-state index is 5.76. The third-order valence-corrected chi connectivity index (χ3v) is 2.37. The normalized spacial score (nSPS) is 12.3. The van der Waals surface area contributed by atoms with Crippen molar-refractivity contribution < 1.29 is 9.47 Å². The highest BCUT2D eigenvalue weighted by Crippen LogP contribution is 2.29. The average Bonchev–Trinajstić information content (AvgIpc) is 2.19. The Hall–Kier alpha value is -1.22. The predicted octanol–water partition coefficient (Wildman–Crippen LogP) is 1.90. The number of methoxy groups -OCH3 is 2. The summed E-state index contributed by atoms with van der Waals surface area (Å²) in [6.07, 6.45) is 0.826. The SMILES string of the molecule is COc1cc(C[C@@H](C)N)cc(OC)c1C. The van der Waals surface area contributed by atoms with Crippen molar-refractivity contribution in [1.29, 1.82) is 0 Å². The lowest BCUT2D eigenvalue weighted by Crippen LogP contribution is -2.17. The van der Waals surface area contributed by atoms with Gasteiger partial charge in [0.15, 0.2) is 0 Å². The van der Waals surface area contributed by atoms with Crippen molar-refractivity contribution in [3.05, 3.63) is 23.3 Å². The van der Waals surface area contributed by atoms with Gasteiger partial charge < -0.3 is 15.2 Å². The quantitative estimate of drug-likeness (QED) is 0.823. The molecule has 0 radical (unpaired) electrons. The van der Waals surface area contributed by atoms with E-state index in [1.54, 1.807) is 14.2 Å². The summed E-state index contributed by atoms with van der Waals surface area (Å²) >= 11 is 0. The predicted molar refractivity (Wildman–Crippen MR) is 61.6 cm³/mol. The Balaban J connectivity index is 3.09. The van der Waals surface area contributed by atoms with Gasteiger partial charge in [-0.2, -0.15) is 0 Å². The van der Waals surface area contributed by atoms with E-state index in [2.05, 4.69) is 0 Å². The molecule has 1 atom stereocenters. The number of nitrogens with two attached hydrogens (primary N) is 1. The minimum absolute atomic E-state index is 0.141. The lowest BCUT2D eigenvalue weighted by atomic mass is 10.0. The van der Waals surface area contributed by atoms with Crippen LogP contribution in [0.3, 0.4) is 0 Å². The van der Waals surface area contributed by atoms with Crippen molar-refractivity contribution in [3.63, 3.8) is 0 Å². The van der Waals surface area contributed by atoms with Gasteiger partial charge in [-0.1, -0.05) is 0 Å². The van der Waals surface area contributed by atoms with Gasteiger partial charge in [-0.3, -0.25) is 0 Å². The Kier molecular flexibility index (Phi) is 3.97. The Bertz CT molecular complexity index is 309. The summed E-state index contributed by atoms with van der Waals surface area (Å²) in [7, 11) is 3.33. The van der Waals surface area contributed by atoms with Crippen LogP contribution in [0.15, 0.2) is 12.1 Å². The number of ether oxygens (including phenoxy) is 2. The highest BCUT2D eigenvalue weighted by atomic mass is 16.5. The molecule has 0 unspecified atom stereocenters. The van der Waals surface area contributed by atoms with E-state index in [1.807, 2.05) is 26.0 Å². The zero-order valence-corrected chi connectivity index (χ0v) is 9.83. The zero-order chi connectivity index (χ0) is 11.4. The molecular formula is C12H19NO2. The molecule has 0 amide bonds. The molecule has 0 spiro atoms. The first-order valence-corrected chi connectivity index (χ1v) is 5.05. The van der Waals surface area contributed by atoms with Gasteiger partial charge in [0.2, 0.25) is 0 Å². The van der Waals surface area contributed by atoms with E-state index < -0.39 is 0 Å². The Morgan fingerprint density at radius 3 is 2.00 bits per heavy atom. The third kappa shape index (κ3) is 2.86. The first-order valence-electron chi connectivity index (χ1n) is 5.05. The summed E-state index contributed by atoms with van der Waals surface area (Å²) in [4.78, 5) is 0. The molecule has 0 aromatic heterocycles. The van der Waals surface area contributed by atoms with Crippen LogP contribution >= 0.6 is 0 Å². The maximum Gasteiger partial charge on any atom is 0.125 e. The molecule has 1 rings (SSSR count). The van der Waals surface area contributed by atoms with E-state index in [0.717, 1.165) is 29.0 Å². The second-order valence-corrected chi connectivity index (χ2v) is 3.81. The Morgan fingerprint density at radius 2 is 1.67 bits per heavy atom. The molecule has 0 saturated heterocycles. The van der Waals surface area contributed by atoms with Gasteiger partial charge in [0.25, 0.3) is 0 Å². The molecule has 15 heavy (non-hydrogen) atoms. The van der Waals surface area contributed by atoms with Gasteiger partial charge in [0, 0.05) is 11.6 Å². The summed E-state index contributed by atoms with van der Waals surface area (Å²) in [6.45, 7) is 3.96. The fourth-order valence-electron chi connectivity index (χ4n) is 1.63. The summed E-state index contributed by atoms with van der Waals surface area (Å²) in [6, 6.07) is 4.17. The van der Waals surface area contributed by atoms with Crippen molar-refractivity contribution in [2.45, 2.75) is 26.3 Å². The smallest absolute Gasteiger partial charge is 0.125 e. The van der Waals surface area contributed by atoms with Crippen LogP contribution in [-0.4, -0.2) is 20.3 Å². The standard InChI is InChI=1S/C12H19NO2/c1-8(13)5-10-6-11(14-3)9(2)12(7-10)15-4/h6-8H,5,13H2,1-4H3/t8-/m1/s1. The molecule has 1 aromatic carbocycles. The highest BCUT2D eigenvalue weighted by Gasteiger charge is 2.09. The molecule has 0 aliphatic rings. The molecule has 0 aliphatic heterocycles. The number of hydrogen-bond acceptors (Lipinski definition) is 3. The molecule has 3 nitrogen and oxygen atoms in total. The number of hydrogen-bond donors (Lipinski definition) is 1. The second-order valence-electron chi connectivity index (χ2n) is 3.81. The summed E-state index contributed by atoms with van der Waals surface area (Å²) < 4.78 is 10.6. The van der Waals surface area contributed by atoms with Gasteiger partial charge in [-0.25, -0.2) is 0 Å². The first-order chi connectivity index (χ1) is 7.08. The van der Waals surface area contributed by atoms with Crippen molar-refractivity contribution in [1.82, 2.24) is 0 Å². The molecule has 1 aromatic rings. The van der Waals surface area contributed by atoms with Crippen LogP contribution < -0.4 is 15.2 Å². The van der Waals surface area contributed by atoms with E-state index in [0.29, 0.717) is 0 Å². The fourth-order valence-corrected chi connectivity index (χ4v) is 1.63. The highest BCUT2D eigenvalue weighted by molar-refractivity contribution is 5.47. The van der Waals surface area contributed by atoms with Gasteiger partial charge >= 0.3 is 0 Å². The molecule has 2 N–H and O–H groups in total. The Morgan fingerprint density at radius 1 is 1.20 bits per heavy atom. The lowest BCUT2D eigenvalue weighted by molar-refractivity contribution is 0.387. The van der Waals surface area contributed by atoms with Gasteiger partial charge in [-0.05, 0) is 38.0 Å². The topological polar surface area (TPSA) is 44.5 Å². The van der Waals surface area contributed by atoms with Crippen LogP contribution in [0.1, 0.15) is 18.1 Å². The first kappa shape index (κ1) is 11.9. The third-order valence-electron chi connectivity index (χ3n) is 2.37. The van der Waals surface area contributed by atoms with Crippen LogP contribution in [0.2, 0.25) is 0 Å². The largest absolute Gasteiger partial charge is 0.496 e. The summed E-state index contributed by atoms with van der Waals surface area (Å²) in [5.74, 6) is 1.70. The van der Waals surface area contributed by atoms with Crippen LogP contribution in [-0.2, 0) is 6.42 Å². The molecule has 0 bridgehead atoms. The lowest BCUT2D eigenvalue weighted by Gasteiger charge is -2.13. The number of benzene rings is 1. The Labute approximate surface area is 91.2 Å². The van der Waals surface area contributed by atoms with Gasteiger partial charge in [-0.15, -0.1) is 0 Å². The van der Waals surface area contributed by atoms with Crippen LogP contribution in [0.4, 0.5) is 0 Å². The molecule has 84 valence electrons. The second kappa shape index (κ2) is 5.03. The van der Waals surface area contributed by atoms with E-state index in [-0.39, 0.29) is 6.04 Å². The average molecular weight is 209 g/mol. The van der Waals surface area contributed by atoms with Crippen molar-refractivity contribution in [3.8, 4) is 11.5 Å². The summed E-state index contributed by atoms with van der Waals surface area (Å²) in [5, 5.41) is 0. The molecule has 0 aliphatic carbocycles. The maximum absolute atomic E-state index is 5.76. The zero-order valence-electron chi connectivity index (χ0n) is 9.83. The van der Waals surface area contributed by atoms with E-state index in [4.69, 9.17) is 15.2 Å². The minimum atomic E-state index is 0.141. The number of rotatable bonds is 4. The van der Waals surface area contributed by atoms with E-state index >= 15 is 0 Å². The van der Waals surface area contributed by atoms with E-state index in [1.165, 1.54) is 0 Å². The molecule has 0 heterocycles. The fraction of sp³-hybridized carbons (Fsp3) is 0.500. The molecular weight excluding hydrogens is 190 g/mol. The molecule has 3 heteroatoms. The molecule has 0 saturated carbocycles. The van der Waals surface area contributed by atoms with Gasteiger partial charge in [0.05, 0.1) is 14.2 Å². The van der Waals surface area contributed by atoms with Crippen molar-refractivity contribution >= 4 is 0 Å². The monoisotopic (exact) mass is 209 g/mol. The van der Waals surface area contributed by atoms with Crippen LogP contribution in [0.5, 0.6) is 11.5 Å². The van der Waals surface area contributed by atoms with Crippen molar-refractivity contribution in [2.75, 3.05) is 14.2 Å².